The van der Waals surface area contributed by atoms with Crippen LogP contribution in [0.4, 0.5) is 10.1 Å². The standard InChI is InChI=1S/C18H15FN4O4/c19-14-5-3-13(4-6-14)18-21-17(27-22-18)10-9-16(24)20-11-12-1-7-15(8-2-12)23(25)26/h1-8H,9-11H2,(H,20,24). The summed E-state index contributed by atoms with van der Waals surface area (Å²) in [5.41, 5.74) is 1.37. The third-order valence-electron chi connectivity index (χ3n) is 3.77. The summed E-state index contributed by atoms with van der Waals surface area (Å²) in [6, 6.07) is 11.6. The molecule has 0 atom stereocenters. The molecule has 0 saturated heterocycles. The lowest BCUT2D eigenvalue weighted by Crippen LogP contribution is -2.23. The Morgan fingerprint density at radius 2 is 1.85 bits per heavy atom. The second kappa shape index (κ2) is 8.17. The van der Waals surface area contributed by atoms with Crippen LogP contribution in [0.2, 0.25) is 0 Å². The molecule has 0 fully saturated rings. The number of benzene rings is 2. The molecule has 1 aromatic heterocycles. The Kier molecular flexibility index (Phi) is 5.50. The number of nitro benzene ring substituents is 1. The topological polar surface area (TPSA) is 111 Å². The van der Waals surface area contributed by atoms with Crippen molar-refractivity contribution in [3.05, 3.63) is 75.9 Å². The van der Waals surface area contributed by atoms with Gasteiger partial charge in [0.15, 0.2) is 0 Å². The van der Waals surface area contributed by atoms with E-state index in [2.05, 4.69) is 15.5 Å². The third kappa shape index (κ3) is 4.94. The third-order valence-corrected chi connectivity index (χ3v) is 3.77. The molecule has 0 aliphatic carbocycles. The summed E-state index contributed by atoms with van der Waals surface area (Å²) in [4.78, 5) is 26.2. The van der Waals surface area contributed by atoms with E-state index < -0.39 is 4.92 Å². The van der Waals surface area contributed by atoms with E-state index in [0.29, 0.717) is 17.3 Å². The van der Waals surface area contributed by atoms with E-state index in [4.69, 9.17) is 4.52 Å². The minimum absolute atomic E-state index is 0.00145. The second-order valence-electron chi connectivity index (χ2n) is 5.72. The highest BCUT2D eigenvalue weighted by molar-refractivity contribution is 5.76. The predicted octanol–water partition coefficient (Wildman–Crippen LogP) is 3.03. The summed E-state index contributed by atoms with van der Waals surface area (Å²) in [7, 11) is 0. The SMILES string of the molecule is O=C(CCc1nc(-c2ccc(F)cc2)no1)NCc1ccc([N+](=O)[O-])cc1. The zero-order valence-electron chi connectivity index (χ0n) is 14.1. The molecule has 0 aliphatic rings. The number of nitro groups is 1. The molecule has 0 bridgehead atoms. The molecule has 0 spiro atoms. The van der Waals surface area contributed by atoms with Crippen LogP contribution in [0.1, 0.15) is 17.9 Å². The molecule has 0 radical (unpaired) electrons. The zero-order valence-corrected chi connectivity index (χ0v) is 14.1. The van der Waals surface area contributed by atoms with Crippen LogP contribution in [0.3, 0.4) is 0 Å². The molecule has 3 rings (SSSR count). The number of hydrogen-bond donors (Lipinski definition) is 1. The van der Waals surface area contributed by atoms with E-state index in [1.807, 2.05) is 0 Å². The van der Waals surface area contributed by atoms with Gasteiger partial charge < -0.3 is 9.84 Å². The average Bonchev–Trinajstić information content (AvgIpc) is 3.14. The van der Waals surface area contributed by atoms with Gasteiger partial charge in [0.2, 0.25) is 17.6 Å². The van der Waals surface area contributed by atoms with Crippen LogP contribution in [-0.2, 0) is 17.8 Å². The maximum Gasteiger partial charge on any atom is 0.269 e. The van der Waals surface area contributed by atoms with E-state index in [-0.39, 0.29) is 36.8 Å². The van der Waals surface area contributed by atoms with Gasteiger partial charge in [-0.1, -0.05) is 17.3 Å². The van der Waals surface area contributed by atoms with Crippen molar-refractivity contribution >= 4 is 11.6 Å². The summed E-state index contributed by atoms with van der Waals surface area (Å²) >= 11 is 0. The zero-order chi connectivity index (χ0) is 19.2. The highest BCUT2D eigenvalue weighted by Gasteiger charge is 2.11. The van der Waals surface area contributed by atoms with Gasteiger partial charge in [-0.15, -0.1) is 0 Å². The molecule has 2 aromatic carbocycles. The number of aromatic nitrogens is 2. The second-order valence-corrected chi connectivity index (χ2v) is 5.72. The predicted molar refractivity (Wildman–Crippen MR) is 93.0 cm³/mol. The van der Waals surface area contributed by atoms with Crippen molar-refractivity contribution in [2.75, 3.05) is 0 Å². The number of amides is 1. The van der Waals surface area contributed by atoms with Gasteiger partial charge in [0, 0.05) is 37.1 Å². The lowest BCUT2D eigenvalue weighted by Gasteiger charge is -2.04. The number of rotatable bonds is 7. The molecule has 1 N–H and O–H groups in total. The summed E-state index contributed by atoms with van der Waals surface area (Å²) in [5, 5.41) is 17.1. The number of nitrogens with zero attached hydrogens (tertiary/aromatic N) is 3. The normalized spacial score (nSPS) is 10.6. The Morgan fingerprint density at radius 3 is 2.52 bits per heavy atom. The first-order valence-corrected chi connectivity index (χ1v) is 8.10. The average molecular weight is 370 g/mol. The van der Waals surface area contributed by atoms with Gasteiger partial charge in [0.05, 0.1) is 4.92 Å². The van der Waals surface area contributed by atoms with Gasteiger partial charge in [-0.05, 0) is 29.8 Å². The van der Waals surface area contributed by atoms with Gasteiger partial charge in [-0.3, -0.25) is 14.9 Å². The van der Waals surface area contributed by atoms with Crippen LogP contribution < -0.4 is 5.32 Å². The molecular formula is C18H15FN4O4. The number of non-ortho nitro benzene ring substituents is 1. The number of halogens is 1. The Morgan fingerprint density at radius 1 is 1.15 bits per heavy atom. The van der Waals surface area contributed by atoms with E-state index in [1.54, 1.807) is 24.3 Å². The van der Waals surface area contributed by atoms with Crippen molar-refractivity contribution in [3.8, 4) is 11.4 Å². The highest BCUT2D eigenvalue weighted by atomic mass is 19.1. The number of aryl methyl sites for hydroxylation is 1. The van der Waals surface area contributed by atoms with E-state index >= 15 is 0 Å². The summed E-state index contributed by atoms with van der Waals surface area (Å²) in [5.74, 6) is 0.0677. The number of nitrogens with one attached hydrogen (secondary N) is 1. The summed E-state index contributed by atoms with van der Waals surface area (Å²) in [6.07, 6.45) is 0.415. The Bertz CT molecular complexity index is 939. The van der Waals surface area contributed by atoms with Gasteiger partial charge in [0.1, 0.15) is 5.82 Å². The minimum Gasteiger partial charge on any atom is -0.352 e. The number of carbonyl (C=O) groups is 1. The Labute approximate surface area is 153 Å². The van der Waals surface area contributed by atoms with Gasteiger partial charge in [-0.2, -0.15) is 4.98 Å². The molecule has 138 valence electrons. The minimum atomic E-state index is -0.479. The fourth-order valence-electron chi connectivity index (χ4n) is 2.32. The molecule has 0 saturated carbocycles. The molecule has 8 nitrogen and oxygen atoms in total. The first kappa shape index (κ1) is 18.2. The van der Waals surface area contributed by atoms with Crippen LogP contribution in [-0.4, -0.2) is 21.0 Å². The molecule has 1 heterocycles. The summed E-state index contributed by atoms with van der Waals surface area (Å²) in [6.45, 7) is 0.265. The van der Waals surface area contributed by atoms with Gasteiger partial charge in [0.25, 0.3) is 5.69 Å². The first-order chi connectivity index (χ1) is 13.0. The first-order valence-electron chi connectivity index (χ1n) is 8.10. The molecule has 1 amide bonds. The van der Waals surface area contributed by atoms with Crippen LogP contribution in [0, 0.1) is 15.9 Å². The monoisotopic (exact) mass is 370 g/mol. The molecule has 0 aliphatic heterocycles. The van der Waals surface area contributed by atoms with Gasteiger partial charge >= 0.3 is 0 Å². The lowest BCUT2D eigenvalue weighted by molar-refractivity contribution is -0.384. The van der Waals surface area contributed by atoms with Crippen LogP contribution in [0.5, 0.6) is 0 Å². The van der Waals surface area contributed by atoms with Crippen molar-refractivity contribution in [1.82, 2.24) is 15.5 Å². The quantitative estimate of drug-likeness (QED) is 0.505. The largest absolute Gasteiger partial charge is 0.352 e. The molecular weight excluding hydrogens is 355 g/mol. The molecule has 9 heteroatoms. The van der Waals surface area contributed by atoms with E-state index in [1.165, 1.54) is 24.3 Å². The lowest BCUT2D eigenvalue weighted by atomic mass is 10.2. The fraction of sp³-hybridized carbons (Fsp3) is 0.167. The maximum absolute atomic E-state index is 12.9. The Balaban J connectivity index is 1.48. The number of carbonyl (C=O) groups excluding carboxylic acids is 1. The van der Waals surface area contributed by atoms with Crippen molar-refractivity contribution < 1.29 is 18.6 Å². The maximum atomic E-state index is 12.9. The van der Waals surface area contributed by atoms with Crippen molar-refractivity contribution in [2.24, 2.45) is 0 Å². The van der Waals surface area contributed by atoms with Crippen molar-refractivity contribution in [2.45, 2.75) is 19.4 Å². The van der Waals surface area contributed by atoms with E-state index in [0.717, 1.165) is 5.56 Å². The smallest absolute Gasteiger partial charge is 0.269 e. The van der Waals surface area contributed by atoms with Crippen molar-refractivity contribution in [3.63, 3.8) is 0 Å². The molecule has 27 heavy (non-hydrogen) atoms. The van der Waals surface area contributed by atoms with E-state index in [9.17, 15) is 19.3 Å². The van der Waals surface area contributed by atoms with Crippen LogP contribution in [0.15, 0.2) is 53.1 Å². The van der Waals surface area contributed by atoms with Crippen molar-refractivity contribution in [1.29, 1.82) is 0 Å². The van der Waals surface area contributed by atoms with Crippen LogP contribution >= 0.6 is 0 Å². The van der Waals surface area contributed by atoms with Crippen LogP contribution in [0.25, 0.3) is 11.4 Å². The van der Waals surface area contributed by atoms with Gasteiger partial charge in [-0.25, -0.2) is 4.39 Å². The Hall–Kier alpha value is -3.62. The number of hydrogen-bond acceptors (Lipinski definition) is 6. The fourth-order valence-corrected chi connectivity index (χ4v) is 2.32. The molecule has 0 unspecified atom stereocenters. The molecule has 3 aromatic rings. The highest BCUT2D eigenvalue weighted by Crippen LogP contribution is 2.16. The summed E-state index contributed by atoms with van der Waals surface area (Å²) < 4.78 is 18.0.